The van der Waals surface area contributed by atoms with Crippen molar-refractivity contribution in [2.75, 3.05) is 25.2 Å². The summed E-state index contributed by atoms with van der Waals surface area (Å²) < 4.78 is 5.90. The second-order valence-electron chi connectivity index (χ2n) is 5.61. The van der Waals surface area contributed by atoms with E-state index in [1.165, 1.54) is 7.05 Å². The Morgan fingerprint density at radius 3 is 2.79 bits per heavy atom. The van der Waals surface area contributed by atoms with Crippen molar-refractivity contribution in [1.82, 2.24) is 5.32 Å². The first-order chi connectivity index (χ1) is 8.94. The topological polar surface area (TPSA) is 75.6 Å². The number of carboxylic acid groups (broad SMARTS) is 1. The van der Waals surface area contributed by atoms with E-state index in [4.69, 9.17) is 4.74 Å². The summed E-state index contributed by atoms with van der Waals surface area (Å²) in [6.45, 7) is 2.09. The SMILES string of the molecule is CNC(=O)C(C)(C(=O)O)C1CCOC2(CCSC2)C1. The molecule has 1 spiro atoms. The van der Waals surface area contributed by atoms with E-state index < -0.39 is 17.3 Å². The fraction of sp³-hybridized carbons (Fsp3) is 0.846. The zero-order chi connectivity index (χ0) is 14.1. The van der Waals surface area contributed by atoms with Gasteiger partial charge in [-0.05, 0) is 37.9 Å². The lowest BCUT2D eigenvalue weighted by molar-refractivity contribution is -0.166. The number of hydrogen-bond acceptors (Lipinski definition) is 4. The molecule has 1 amide bonds. The van der Waals surface area contributed by atoms with Crippen LogP contribution in [0.2, 0.25) is 0 Å². The molecule has 2 heterocycles. The van der Waals surface area contributed by atoms with Gasteiger partial charge in [0.2, 0.25) is 5.91 Å². The molecule has 3 unspecified atom stereocenters. The summed E-state index contributed by atoms with van der Waals surface area (Å²) in [7, 11) is 1.49. The van der Waals surface area contributed by atoms with Gasteiger partial charge in [0.1, 0.15) is 5.41 Å². The van der Waals surface area contributed by atoms with Gasteiger partial charge in [0.05, 0.1) is 5.60 Å². The lowest BCUT2D eigenvalue weighted by Gasteiger charge is -2.43. The van der Waals surface area contributed by atoms with E-state index in [9.17, 15) is 14.7 Å². The Hall–Kier alpha value is -0.750. The number of nitrogens with one attached hydrogen (secondary N) is 1. The van der Waals surface area contributed by atoms with Gasteiger partial charge in [-0.15, -0.1) is 0 Å². The van der Waals surface area contributed by atoms with Gasteiger partial charge in [-0.25, -0.2) is 0 Å². The Labute approximate surface area is 117 Å². The smallest absolute Gasteiger partial charge is 0.319 e. The standard InChI is InChI=1S/C13H21NO4S/c1-12(11(16)17,10(15)14-2)9-3-5-18-13(7-9)4-6-19-8-13/h9H,3-8H2,1-2H3,(H,14,15)(H,16,17). The van der Waals surface area contributed by atoms with Crippen molar-refractivity contribution in [1.29, 1.82) is 0 Å². The van der Waals surface area contributed by atoms with Crippen LogP contribution in [0.3, 0.4) is 0 Å². The number of rotatable bonds is 3. The first-order valence-corrected chi connectivity index (χ1v) is 7.77. The zero-order valence-corrected chi connectivity index (χ0v) is 12.2. The Morgan fingerprint density at radius 1 is 1.53 bits per heavy atom. The van der Waals surface area contributed by atoms with Crippen LogP contribution in [0.5, 0.6) is 0 Å². The maximum absolute atomic E-state index is 12.0. The van der Waals surface area contributed by atoms with Crippen molar-refractivity contribution < 1.29 is 19.4 Å². The van der Waals surface area contributed by atoms with Gasteiger partial charge in [0, 0.05) is 19.4 Å². The summed E-state index contributed by atoms with van der Waals surface area (Å²) in [5.41, 5.74) is -1.57. The predicted molar refractivity (Wildman–Crippen MR) is 73.2 cm³/mol. The largest absolute Gasteiger partial charge is 0.480 e. The molecule has 0 radical (unpaired) electrons. The zero-order valence-electron chi connectivity index (χ0n) is 11.4. The molecule has 0 aromatic rings. The summed E-state index contributed by atoms with van der Waals surface area (Å²) in [4.78, 5) is 23.7. The molecule has 2 rings (SSSR count). The normalized spacial score (nSPS) is 33.9. The number of carbonyl (C=O) groups excluding carboxylic acids is 1. The maximum Gasteiger partial charge on any atom is 0.319 e. The third-order valence-electron chi connectivity index (χ3n) is 4.52. The van der Waals surface area contributed by atoms with Crippen LogP contribution in [-0.2, 0) is 14.3 Å². The Kier molecular flexibility index (Phi) is 4.11. The van der Waals surface area contributed by atoms with E-state index in [2.05, 4.69) is 5.32 Å². The Bertz CT molecular complexity index is 381. The van der Waals surface area contributed by atoms with E-state index in [0.29, 0.717) is 19.4 Å². The predicted octanol–water partition coefficient (Wildman–Crippen LogP) is 1.13. The number of amides is 1. The molecular weight excluding hydrogens is 266 g/mol. The van der Waals surface area contributed by atoms with E-state index in [0.717, 1.165) is 17.9 Å². The van der Waals surface area contributed by atoms with Gasteiger partial charge in [-0.3, -0.25) is 9.59 Å². The van der Waals surface area contributed by atoms with Crippen LogP contribution in [-0.4, -0.2) is 47.7 Å². The molecule has 0 aromatic heterocycles. The molecule has 2 N–H and O–H groups in total. The van der Waals surface area contributed by atoms with Crippen LogP contribution in [0.15, 0.2) is 0 Å². The highest BCUT2D eigenvalue weighted by Crippen LogP contribution is 2.46. The van der Waals surface area contributed by atoms with Gasteiger partial charge < -0.3 is 15.2 Å². The van der Waals surface area contributed by atoms with Crippen molar-refractivity contribution in [3.8, 4) is 0 Å². The molecular formula is C13H21NO4S. The molecule has 2 aliphatic heterocycles. The summed E-state index contributed by atoms with van der Waals surface area (Å²) >= 11 is 1.84. The molecule has 108 valence electrons. The Morgan fingerprint density at radius 2 is 2.26 bits per heavy atom. The second kappa shape index (κ2) is 5.32. The van der Waals surface area contributed by atoms with Gasteiger partial charge in [0.25, 0.3) is 0 Å². The quantitative estimate of drug-likeness (QED) is 0.761. The molecule has 2 aliphatic rings. The van der Waals surface area contributed by atoms with Crippen molar-refractivity contribution in [3.05, 3.63) is 0 Å². The molecule has 6 heteroatoms. The van der Waals surface area contributed by atoms with Crippen LogP contribution in [0, 0.1) is 11.3 Å². The van der Waals surface area contributed by atoms with Crippen molar-refractivity contribution in [2.45, 2.75) is 31.8 Å². The highest BCUT2D eigenvalue weighted by molar-refractivity contribution is 7.99. The first kappa shape index (κ1) is 14.7. The fourth-order valence-corrected chi connectivity index (χ4v) is 4.48. The van der Waals surface area contributed by atoms with E-state index in [-0.39, 0.29) is 11.5 Å². The van der Waals surface area contributed by atoms with Crippen LogP contribution < -0.4 is 5.32 Å². The number of aliphatic carboxylic acids is 1. The second-order valence-corrected chi connectivity index (χ2v) is 6.72. The van der Waals surface area contributed by atoms with Crippen LogP contribution in [0.4, 0.5) is 0 Å². The maximum atomic E-state index is 12.0. The summed E-state index contributed by atoms with van der Waals surface area (Å²) in [5, 5.41) is 12.0. The number of carbonyl (C=O) groups is 2. The highest BCUT2D eigenvalue weighted by Gasteiger charge is 2.53. The van der Waals surface area contributed by atoms with Gasteiger partial charge >= 0.3 is 5.97 Å². The van der Waals surface area contributed by atoms with Crippen LogP contribution in [0.25, 0.3) is 0 Å². The van der Waals surface area contributed by atoms with Gasteiger partial charge in [-0.1, -0.05) is 0 Å². The molecule has 0 saturated carbocycles. The van der Waals surface area contributed by atoms with E-state index in [1.54, 1.807) is 6.92 Å². The minimum absolute atomic E-state index is 0.169. The minimum atomic E-state index is -1.36. The van der Waals surface area contributed by atoms with Crippen molar-refractivity contribution in [2.24, 2.45) is 11.3 Å². The molecule has 2 saturated heterocycles. The van der Waals surface area contributed by atoms with Gasteiger partial charge in [-0.2, -0.15) is 11.8 Å². The monoisotopic (exact) mass is 287 g/mol. The number of carboxylic acids is 1. The average Bonchev–Trinajstić information content (AvgIpc) is 2.84. The summed E-state index contributed by atoms with van der Waals surface area (Å²) in [6, 6.07) is 0. The van der Waals surface area contributed by atoms with E-state index >= 15 is 0 Å². The molecule has 0 bridgehead atoms. The molecule has 5 nitrogen and oxygen atoms in total. The van der Waals surface area contributed by atoms with Crippen molar-refractivity contribution >= 4 is 23.6 Å². The number of thioether (sulfide) groups is 1. The van der Waals surface area contributed by atoms with Crippen LogP contribution in [0.1, 0.15) is 26.2 Å². The molecule has 19 heavy (non-hydrogen) atoms. The van der Waals surface area contributed by atoms with Crippen molar-refractivity contribution in [3.63, 3.8) is 0 Å². The van der Waals surface area contributed by atoms with Gasteiger partial charge in [0.15, 0.2) is 0 Å². The third-order valence-corrected chi connectivity index (χ3v) is 5.74. The Balaban J connectivity index is 2.22. The molecule has 0 aliphatic carbocycles. The fourth-order valence-electron chi connectivity index (χ4n) is 3.10. The van der Waals surface area contributed by atoms with E-state index in [1.807, 2.05) is 11.8 Å². The molecule has 0 aromatic carbocycles. The highest BCUT2D eigenvalue weighted by atomic mass is 32.2. The third kappa shape index (κ3) is 2.48. The average molecular weight is 287 g/mol. The number of hydrogen-bond donors (Lipinski definition) is 2. The summed E-state index contributed by atoms with van der Waals surface area (Å²) in [5.74, 6) is 0.341. The first-order valence-electron chi connectivity index (χ1n) is 6.62. The lowest BCUT2D eigenvalue weighted by Crippen LogP contribution is -2.53. The molecule has 3 atom stereocenters. The number of ether oxygens (including phenoxy) is 1. The lowest BCUT2D eigenvalue weighted by atomic mass is 9.68. The summed E-state index contributed by atoms with van der Waals surface area (Å²) in [6.07, 6.45) is 2.25. The minimum Gasteiger partial charge on any atom is -0.480 e. The molecule has 2 fully saturated rings. The van der Waals surface area contributed by atoms with Crippen LogP contribution >= 0.6 is 11.8 Å².